The Hall–Kier alpha value is -0.990. The molecule has 10 heteroatoms. The number of oxime groups is 1. The normalized spacial score (nSPS) is 14.2. The molecule has 0 aromatic rings. The fraction of sp³-hybridized carbons (Fsp3) is 0.667. The van der Waals surface area contributed by atoms with Crippen molar-refractivity contribution >= 4 is 23.8 Å². The van der Waals surface area contributed by atoms with E-state index < -0.39 is 23.2 Å². The minimum absolute atomic E-state index is 0.682. The summed E-state index contributed by atoms with van der Waals surface area (Å²) in [5.41, 5.74) is 0. The zero-order valence-corrected chi connectivity index (χ0v) is 8.24. The van der Waals surface area contributed by atoms with Gasteiger partial charge in [-0.2, -0.15) is 26.3 Å². The smallest absolute Gasteiger partial charge is 0.316 e. The molecule has 0 N–H and O–H groups in total. The topological polar surface area (TPSA) is 38.7 Å². The third kappa shape index (κ3) is 2.57. The molecule has 0 spiro atoms. The van der Waals surface area contributed by atoms with Crippen LogP contribution in [0.3, 0.4) is 0 Å². The Labute approximate surface area is 90.0 Å². The van der Waals surface area contributed by atoms with Crippen LogP contribution in [-0.4, -0.2) is 29.4 Å². The second-order valence-electron chi connectivity index (χ2n) is 2.40. The predicted octanol–water partition coefficient (Wildman–Crippen LogP) is 2.64. The highest BCUT2D eigenvalue weighted by atomic mass is 35.5. The van der Waals surface area contributed by atoms with Crippen LogP contribution >= 0.6 is 11.6 Å². The van der Waals surface area contributed by atoms with Crippen LogP contribution in [0.15, 0.2) is 5.16 Å². The Morgan fingerprint density at radius 2 is 1.56 bits per heavy atom. The van der Waals surface area contributed by atoms with Crippen LogP contribution in [0.4, 0.5) is 26.3 Å². The second kappa shape index (κ2) is 4.48. The molecular weight excluding hydrogens is 268 g/mol. The molecule has 0 aromatic carbocycles. The lowest BCUT2D eigenvalue weighted by atomic mass is 10.1. The standard InChI is InChI=1S/C6H4ClF6NO2/c1-2-14-16-3(15)4(7,5(8,9)10)6(11,12)13/h2H,1H3. The SMILES string of the molecule is CC=NOC(=O)C(Cl)(C(F)(F)F)C(F)(F)F. The highest BCUT2D eigenvalue weighted by Gasteiger charge is 2.76. The van der Waals surface area contributed by atoms with E-state index in [4.69, 9.17) is 0 Å². The lowest BCUT2D eigenvalue weighted by Crippen LogP contribution is -2.58. The van der Waals surface area contributed by atoms with Crippen molar-refractivity contribution in [2.45, 2.75) is 24.2 Å². The molecule has 0 fully saturated rings. The van der Waals surface area contributed by atoms with Crippen molar-refractivity contribution in [3.8, 4) is 0 Å². The third-order valence-corrected chi connectivity index (χ3v) is 1.89. The Kier molecular flexibility index (Phi) is 4.20. The molecule has 0 saturated heterocycles. The number of nitrogens with zero attached hydrogens (tertiary/aromatic N) is 1. The molecular formula is C6H4ClF6NO2. The fourth-order valence-electron chi connectivity index (χ4n) is 0.556. The van der Waals surface area contributed by atoms with Crippen LogP contribution < -0.4 is 0 Å². The first-order valence-corrected chi connectivity index (χ1v) is 3.88. The van der Waals surface area contributed by atoms with E-state index in [1.807, 2.05) is 0 Å². The van der Waals surface area contributed by atoms with Gasteiger partial charge in [0.15, 0.2) is 0 Å². The van der Waals surface area contributed by atoms with Gasteiger partial charge in [0.25, 0.3) is 0 Å². The van der Waals surface area contributed by atoms with E-state index in [9.17, 15) is 31.1 Å². The van der Waals surface area contributed by atoms with Crippen LogP contribution in [0, 0.1) is 0 Å². The molecule has 0 aliphatic rings. The minimum Gasteiger partial charge on any atom is -0.316 e. The van der Waals surface area contributed by atoms with Crippen molar-refractivity contribution in [2.75, 3.05) is 0 Å². The van der Waals surface area contributed by atoms with Gasteiger partial charge in [-0.15, -0.1) is 0 Å². The van der Waals surface area contributed by atoms with Gasteiger partial charge >= 0.3 is 23.2 Å². The molecule has 0 radical (unpaired) electrons. The van der Waals surface area contributed by atoms with E-state index in [1.165, 1.54) is 0 Å². The highest BCUT2D eigenvalue weighted by Crippen LogP contribution is 2.48. The maximum absolute atomic E-state index is 12.1. The van der Waals surface area contributed by atoms with E-state index in [0.29, 0.717) is 6.21 Å². The van der Waals surface area contributed by atoms with E-state index in [-0.39, 0.29) is 0 Å². The molecule has 0 aliphatic carbocycles. The zero-order chi connectivity index (χ0) is 13.2. The number of hydrogen-bond acceptors (Lipinski definition) is 3. The summed E-state index contributed by atoms with van der Waals surface area (Å²) in [6.07, 6.45) is -11.4. The van der Waals surface area contributed by atoms with Gasteiger partial charge in [0.2, 0.25) is 0 Å². The summed E-state index contributed by atoms with van der Waals surface area (Å²) in [6, 6.07) is 0. The lowest BCUT2D eigenvalue weighted by molar-refractivity contribution is -0.268. The first kappa shape index (κ1) is 15.0. The maximum Gasteiger partial charge on any atom is 0.427 e. The van der Waals surface area contributed by atoms with Crippen LogP contribution in [0.25, 0.3) is 0 Å². The molecule has 94 valence electrons. The minimum atomic E-state index is -6.05. The van der Waals surface area contributed by atoms with Crippen molar-refractivity contribution in [3.05, 3.63) is 0 Å². The summed E-state index contributed by atoms with van der Waals surface area (Å²) in [5, 5.41) is 2.51. The molecule has 0 heterocycles. The number of alkyl halides is 7. The van der Waals surface area contributed by atoms with Crippen LogP contribution in [-0.2, 0) is 9.63 Å². The Morgan fingerprint density at radius 3 is 1.81 bits per heavy atom. The molecule has 0 aromatic heterocycles. The molecule has 3 nitrogen and oxygen atoms in total. The first-order chi connectivity index (χ1) is 6.98. The molecule has 0 aliphatic heterocycles. The van der Waals surface area contributed by atoms with E-state index in [1.54, 1.807) is 0 Å². The lowest BCUT2D eigenvalue weighted by Gasteiger charge is -2.27. The van der Waals surface area contributed by atoms with Crippen LogP contribution in [0.2, 0.25) is 0 Å². The van der Waals surface area contributed by atoms with Crippen molar-refractivity contribution < 1.29 is 36.0 Å². The summed E-state index contributed by atoms with van der Waals surface area (Å²) >= 11 is 4.28. The number of rotatable bonds is 2. The largest absolute Gasteiger partial charge is 0.427 e. The van der Waals surface area contributed by atoms with Gasteiger partial charge in [-0.3, -0.25) is 0 Å². The highest BCUT2D eigenvalue weighted by molar-refractivity contribution is 6.35. The predicted molar refractivity (Wildman–Crippen MR) is 41.0 cm³/mol. The molecule has 0 amide bonds. The number of carbonyl (C=O) groups excluding carboxylic acids is 1. The fourth-order valence-corrected chi connectivity index (χ4v) is 0.590. The second-order valence-corrected chi connectivity index (χ2v) is 2.96. The summed E-state index contributed by atoms with van der Waals surface area (Å²) in [7, 11) is 0. The third-order valence-electron chi connectivity index (χ3n) is 1.30. The number of hydrogen-bond donors (Lipinski definition) is 0. The van der Waals surface area contributed by atoms with Crippen LogP contribution in [0.5, 0.6) is 0 Å². The summed E-state index contributed by atoms with van der Waals surface area (Å²) in [6.45, 7) is 1.12. The molecule has 0 bridgehead atoms. The van der Waals surface area contributed by atoms with Gasteiger partial charge in [0.05, 0.1) is 0 Å². The van der Waals surface area contributed by atoms with Gasteiger partial charge in [0, 0.05) is 6.21 Å². The van der Waals surface area contributed by atoms with Crippen molar-refractivity contribution in [1.82, 2.24) is 0 Å². The first-order valence-electron chi connectivity index (χ1n) is 3.50. The Morgan fingerprint density at radius 1 is 1.19 bits per heavy atom. The Balaban J connectivity index is 5.35. The van der Waals surface area contributed by atoms with Gasteiger partial charge < -0.3 is 4.84 Å². The molecule has 0 rings (SSSR count). The van der Waals surface area contributed by atoms with Gasteiger partial charge in [-0.05, 0) is 6.92 Å². The number of halogens is 7. The average molecular weight is 272 g/mol. The molecule has 16 heavy (non-hydrogen) atoms. The average Bonchev–Trinajstić information content (AvgIpc) is 2.08. The number of carbonyl (C=O) groups is 1. The summed E-state index contributed by atoms with van der Waals surface area (Å²) in [5.74, 6) is -2.76. The van der Waals surface area contributed by atoms with Gasteiger partial charge in [-0.1, -0.05) is 16.8 Å². The summed E-state index contributed by atoms with van der Waals surface area (Å²) in [4.78, 5) is 8.86. The molecule has 0 unspecified atom stereocenters. The zero-order valence-electron chi connectivity index (χ0n) is 7.49. The summed E-state index contributed by atoms with van der Waals surface area (Å²) < 4.78 is 72.4. The van der Waals surface area contributed by atoms with E-state index in [2.05, 4.69) is 21.6 Å². The maximum atomic E-state index is 12.1. The quantitative estimate of drug-likeness (QED) is 0.255. The van der Waals surface area contributed by atoms with Crippen molar-refractivity contribution in [3.63, 3.8) is 0 Å². The van der Waals surface area contributed by atoms with Gasteiger partial charge in [0.1, 0.15) is 0 Å². The van der Waals surface area contributed by atoms with E-state index in [0.717, 1.165) is 6.92 Å². The monoisotopic (exact) mass is 271 g/mol. The van der Waals surface area contributed by atoms with E-state index >= 15 is 0 Å². The Bertz CT molecular complexity index is 282. The van der Waals surface area contributed by atoms with Crippen molar-refractivity contribution in [1.29, 1.82) is 0 Å². The molecule has 0 saturated carbocycles. The van der Waals surface area contributed by atoms with Crippen molar-refractivity contribution in [2.24, 2.45) is 5.16 Å². The van der Waals surface area contributed by atoms with Gasteiger partial charge in [-0.25, -0.2) is 4.79 Å². The molecule has 0 atom stereocenters. The van der Waals surface area contributed by atoms with Crippen LogP contribution in [0.1, 0.15) is 6.92 Å².